The Hall–Kier alpha value is -1.68. The predicted molar refractivity (Wildman–Crippen MR) is 70.9 cm³/mol. The average molecular weight is 286 g/mol. The van der Waals surface area contributed by atoms with Crippen molar-refractivity contribution >= 4 is 23.0 Å². The Kier molecular flexibility index (Phi) is 3.71. The SMILES string of the molecule is Cc1cc(Cl)ccc1Nc1ccc(C(F)(F)F)cc1. The molecule has 2 aromatic rings. The minimum Gasteiger partial charge on any atom is -0.355 e. The summed E-state index contributed by atoms with van der Waals surface area (Å²) in [6, 6.07) is 10.2. The van der Waals surface area contributed by atoms with Gasteiger partial charge in [0.05, 0.1) is 5.56 Å². The predicted octanol–water partition coefficient (Wildman–Crippen LogP) is 5.41. The molecule has 0 aliphatic heterocycles. The van der Waals surface area contributed by atoms with E-state index in [9.17, 15) is 13.2 Å². The maximum absolute atomic E-state index is 12.4. The lowest BCUT2D eigenvalue weighted by atomic mass is 10.1. The Bertz CT molecular complexity index is 576. The summed E-state index contributed by atoms with van der Waals surface area (Å²) in [7, 11) is 0. The molecule has 5 heteroatoms. The fourth-order valence-electron chi connectivity index (χ4n) is 1.67. The summed E-state index contributed by atoms with van der Waals surface area (Å²) >= 11 is 5.84. The highest BCUT2D eigenvalue weighted by molar-refractivity contribution is 6.30. The summed E-state index contributed by atoms with van der Waals surface area (Å²) in [4.78, 5) is 0. The molecule has 0 amide bonds. The third kappa shape index (κ3) is 3.41. The average Bonchev–Trinajstić information content (AvgIpc) is 2.32. The number of rotatable bonds is 2. The van der Waals surface area contributed by atoms with E-state index in [1.807, 2.05) is 6.92 Å². The normalized spacial score (nSPS) is 11.4. The van der Waals surface area contributed by atoms with Crippen molar-refractivity contribution in [1.29, 1.82) is 0 Å². The molecule has 19 heavy (non-hydrogen) atoms. The van der Waals surface area contributed by atoms with Gasteiger partial charge in [-0.05, 0) is 55.0 Å². The van der Waals surface area contributed by atoms with Crippen molar-refractivity contribution in [3.63, 3.8) is 0 Å². The van der Waals surface area contributed by atoms with Crippen molar-refractivity contribution in [3.05, 3.63) is 58.6 Å². The lowest BCUT2D eigenvalue weighted by Crippen LogP contribution is -2.04. The molecule has 0 fully saturated rings. The molecule has 1 N–H and O–H groups in total. The lowest BCUT2D eigenvalue weighted by molar-refractivity contribution is -0.137. The zero-order valence-electron chi connectivity index (χ0n) is 10.1. The molecule has 0 bridgehead atoms. The second-order valence-corrected chi connectivity index (χ2v) is 4.60. The van der Waals surface area contributed by atoms with Crippen LogP contribution in [0.25, 0.3) is 0 Å². The summed E-state index contributed by atoms with van der Waals surface area (Å²) in [5, 5.41) is 3.67. The van der Waals surface area contributed by atoms with Crippen LogP contribution in [0.15, 0.2) is 42.5 Å². The summed E-state index contributed by atoms with van der Waals surface area (Å²) in [6.07, 6.45) is -4.31. The van der Waals surface area contributed by atoms with E-state index in [0.29, 0.717) is 10.7 Å². The van der Waals surface area contributed by atoms with Crippen molar-refractivity contribution in [2.45, 2.75) is 13.1 Å². The van der Waals surface area contributed by atoms with Crippen LogP contribution >= 0.6 is 11.6 Å². The quantitative estimate of drug-likeness (QED) is 0.778. The van der Waals surface area contributed by atoms with Crippen molar-refractivity contribution in [2.75, 3.05) is 5.32 Å². The first-order valence-corrected chi connectivity index (χ1v) is 5.94. The molecule has 0 radical (unpaired) electrons. The van der Waals surface area contributed by atoms with Gasteiger partial charge in [-0.1, -0.05) is 11.6 Å². The van der Waals surface area contributed by atoms with Crippen molar-refractivity contribution in [3.8, 4) is 0 Å². The van der Waals surface area contributed by atoms with Crippen LogP contribution in [-0.4, -0.2) is 0 Å². The van der Waals surface area contributed by atoms with E-state index >= 15 is 0 Å². The van der Waals surface area contributed by atoms with Gasteiger partial charge < -0.3 is 5.32 Å². The van der Waals surface area contributed by atoms with Gasteiger partial charge in [-0.25, -0.2) is 0 Å². The van der Waals surface area contributed by atoms with Gasteiger partial charge in [-0.2, -0.15) is 13.2 Å². The molecule has 0 atom stereocenters. The van der Waals surface area contributed by atoms with Gasteiger partial charge in [0, 0.05) is 16.4 Å². The number of halogens is 4. The second kappa shape index (κ2) is 5.13. The van der Waals surface area contributed by atoms with Crippen LogP contribution in [0.4, 0.5) is 24.5 Å². The van der Waals surface area contributed by atoms with Gasteiger partial charge in [-0.15, -0.1) is 0 Å². The molecule has 2 rings (SSSR count). The van der Waals surface area contributed by atoms with Crippen LogP contribution in [-0.2, 0) is 6.18 Å². The van der Waals surface area contributed by atoms with Crippen molar-refractivity contribution < 1.29 is 13.2 Å². The van der Waals surface area contributed by atoms with E-state index in [1.165, 1.54) is 12.1 Å². The van der Waals surface area contributed by atoms with Crippen LogP contribution in [0.3, 0.4) is 0 Å². The Labute approximate surface area is 114 Å². The minimum absolute atomic E-state index is 0.596. The molecule has 100 valence electrons. The fourth-order valence-corrected chi connectivity index (χ4v) is 1.89. The number of aryl methyl sites for hydroxylation is 1. The van der Waals surface area contributed by atoms with Crippen molar-refractivity contribution in [1.82, 2.24) is 0 Å². The minimum atomic E-state index is -4.31. The Balaban J connectivity index is 2.20. The van der Waals surface area contributed by atoms with Crippen LogP contribution in [0.1, 0.15) is 11.1 Å². The number of hydrogen-bond acceptors (Lipinski definition) is 1. The zero-order chi connectivity index (χ0) is 14.0. The highest BCUT2D eigenvalue weighted by atomic mass is 35.5. The molecule has 0 saturated carbocycles. The number of benzene rings is 2. The Morgan fingerprint density at radius 3 is 2.16 bits per heavy atom. The van der Waals surface area contributed by atoms with Gasteiger partial charge >= 0.3 is 6.18 Å². The van der Waals surface area contributed by atoms with E-state index in [0.717, 1.165) is 23.4 Å². The highest BCUT2D eigenvalue weighted by Crippen LogP contribution is 2.31. The fraction of sp³-hybridized carbons (Fsp3) is 0.143. The zero-order valence-corrected chi connectivity index (χ0v) is 10.8. The molecule has 0 aromatic heterocycles. The van der Waals surface area contributed by atoms with Crippen LogP contribution < -0.4 is 5.32 Å². The van der Waals surface area contributed by atoms with Gasteiger partial charge in [0.25, 0.3) is 0 Å². The van der Waals surface area contributed by atoms with E-state index in [2.05, 4.69) is 5.32 Å². The number of hydrogen-bond donors (Lipinski definition) is 1. The largest absolute Gasteiger partial charge is 0.416 e. The lowest BCUT2D eigenvalue weighted by Gasteiger charge is -2.11. The molecular weight excluding hydrogens is 275 g/mol. The van der Waals surface area contributed by atoms with Gasteiger partial charge in [-0.3, -0.25) is 0 Å². The maximum atomic E-state index is 12.4. The molecule has 0 heterocycles. The first kappa shape index (κ1) is 13.7. The summed E-state index contributed by atoms with van der Waals surface area (Å²) in [5.41, 5.74) is 1.67. The number of alkyl halides is 3. The third-order valence-corrected chi connectivity index (χ3v) is 2.91. The second-order valence-electron chi connectivity index (χ2n) is 4.16. The summed E-state index contributed by atoms with van der Waals surface area (Å²) < 4.78 is 37.3. The molecule has 0 unspecified atom stereocenters. The molecule has 0 aliphatic rings. The van der Waals surface area contributed by atoms with E-state index in [1.54, 1.807) is 18.2 Å². The first-order chi connectivity index (χ1) is 8.86. The number of nitrogens with one attached hydrogen (secondary N) is 1. The van der Waals surface area contributed by atoms with Gasteiger partial charge in [0.15, 0.2) is 0 Å². The first-order valence-electron chi connectivity index (χ1n) is 5.57. The Morgan fingerprint density at radius 2 is 1.63 bits per heavy atom. The van der Waals surface area contributed by atoms with Crippen LogP contribution in [0.5, 0.6) is 0 Å². The number of anilines is 2. The topological polar surface area (TPSA) is 12.0 Å². The molecule has 2 aromatic carbocycles. The molecular formula is C14H11ClF3N. The summed E-state index contributed by atoms with van der Waals surface area (Å²) in [5.74, 6) is 0. The van der Waals surface area contributed by atoms with Crippen molar-refractivity contribution in [2.24, 2.45) is 0 Å². The smallest absolute Gasteiger partial charge is 0.355 e. The Morgan fingerprint density at radius 1 is 1.00 bits per heavy atom. The third-order valence-electron chi connectivity index (χ3n) is 2.68. The maximum Gasteiger partial charge on any atom is 0.416 e. The van der Waals surface area contributed by atoms with Gasteiger partial charge in [0.1, 0.15) is 0 Å². The van der Waals surface area contributed by atoms with Crippen LogP contribution in [0, 0.1) is 6.92 Å². The molecule has 0 saturated heterocycles. The van der Waals surface area contributed by atoms with Gasteiger partial charge in [0.2, 0.25) is 0 Å². The highest BCUT2D eigenvalue weighted by Gasteiger charge is 2.29. The summed E-state index contributed by atoms with van der Waals surface area (Å²) in [6.45, 7) is 1.87. The van der Waals surface area contributed by atoms with E-state index in [-0.39, 0.29) is 0 Å². The molecule has 1 nitrogen and oxygen atoms in total. The van der Waals surface area contributed by atoms with Crippen LogP contribution in [0.2, 0.25) is 5.02 Å². The van der Waals surface area contributed by atoms with E-state index in [4.69, 9.17) is 11.6 Å². The standard InChI is InChI=1S/C14H11ClF3N/c1-9-8-11(15)4-7-13(9)19-12-5-2-10(3-6-12)14(16,17)18/h2-8,19H,1H3. The monoisotopic (exact) mass is 285 g/mol. The molecule has 0 spiro atoms. The van der Waals surface area contributed by atoms with E-state index < -0.39 is 11.7 Å². The molecule has 0 aliphatic carbocycles.